The van der Waals surface area contributed by atoms with E-state index in [-0.39, 0.29) is 30.8 Å². The Hall–Kier alpha value is -3.35. The van der Waals surface area contributed by atoms with E-state index in [2.05, 4.69) is 5.32 Å². The van der Waals surface area contributed by atoms with Crippen molar-refractivity contribution in [1.82, 2.24) is 5.32 Å². The quantitative estimate of drug-likeness (QED) is 0.712. The van der Waals surface area contributed by atoms with Crippen LogP contribution in [-0.4, -0.2) is 37.5 Å². The Morgan fingerprint density at radius 1 is 1.07 bits per heavy atom. The first-order chi connectivity index (χ1) is 14.6. The third-order valence-corrected chi connectivity index (χ3v) is 5.33. The van der Waals surface area contributed by atoms with E-state index in [0.29, 0.717) is 17.0 Å². The molecule has 1 saturated carbocycles. The van der Waals surface area contributed by atoms with Crippen LogP contribution in [0.25, 0.3) is 0 Å². The van der Waals surface area contributed by atoms with Crippen LogP contribution in [0.3, 0.4) is 0 Å². The predicted molar refractivity (Wildman–Crippen MR) is 110 cm³/mol. The number of nitrogens with one attached hydrogen (secondary N) is 1. The molecule has 2 amide bonds. The first kappa shape index (κ1) is 19.9. The normalized spacial score (nSPS) is 19.3. The van der Waals surface area contributed by atoms with Gasteiger partial charge in [0.05, 0.1) is 18.7 Å². The van der Waals surface area contributed by atoms with Crippen LogP contribution < -0.4 is 15.0 Å². The largest absolute Gasteiger partial charge is 0.495 e. The van der Waals surface area contributed by atoms with Gasteiger partial charge in [-0.2, -0.15) is 0 Å². The summed E-state index contributed by atoms with van der Waals surface area (Å²) in [5.74, 6) is -1.16. The Labute approximate surface area is 175 Å². The third kappa shape index (κ3) is 4.30. The molecule has 2 aromatic carbocycles. The van der Waals surface area contributed by atoms with Gasteiger partial charge in [-0.25, -0.2) is 0 Å². The number of carbonyl (C=O) groups excluding carboxylic acids is 3. The molecule has 1 aliphatic heterocycles. The lowest BCUT2D eigenvalue weighted by molar-refractivity contribution is -0.160. The SMILES string of the molecule is COc1ccccc1N1C[C@H](C(=O)O[C@H](C(=O)NC2CC2)c2ccccc2)CC1=O. The fourth-order valence-corrected chi connectivity index (χ4v) is 3.57. The van der Waals surface area contributed by atoms with Crippen LogP contribution in [-0.2, 0) is 19.1 Å². The molecule has 2 aromatic rings. The molecular weight excluding hydrogens is 384 g/mol. The molecule has 1 saturated heterocycles. The van der Waals surface area contributed by atoms with Gasteiger partial charge in [-0.3, -0.25) is 14.4 Å². The number of ether oxygens (including phenoxy) is 2. The van der Waals surface area contributed by atoms with Crippen molar-refractivity contribution in [3.8, 4) is 5.75 Å². The van der Waals surface area contributed by atoms with Gasteiger partial charge in [-0.1, -0.05) is 42.5 Å². The van der Waals surface area contributed by atoms with Gasteiger partial charge < -0.3 is 19.7 Å². The van der Waals surface area contributed by atoms with E-state index >= 15 is 0 Å². The molecule has 0 aromatic heterocycles. The highest BCUT2D eigenvalue weighted by Crippen LogP contribution is 2.34. The Morgan fingerprint density at radius 2 is 1.77 bits per heavy atom. The van der Waals surface area contributed by atoms with Crippen molar-refractivity contribution in [2.45, 2.75) is 31.4 Å². The maximum Gasteiger partial charge on any atom is 0.312 e. The van der Waals surface area contributed by atoms with Gasteiger partial charge in [-0.15, -0.1) is 0 Å². The monoisotopic (exact) mass is 408 g/mol. The van der Waals surface area contributed by atoms with Crippen molar-refractivity contribution >= 4 is 23.5 Å². The summed E-state index contributed by atoms with van der Waals surface area (Å²) in [5.41, 5.74) is 1.22. The highest BCUT2D eigenvalue weighted by Gasteiger charge is 2.39. The van der Waals surface area contributed by atoms with Gasteiger partial charge in [0.1, 0.15) is 5.75 Å². The second kappa shape index (κ2) is 8.57. The fourth-order valence-electron chi connectivity index (χ4n) is 3.57. The number of nitrogens with zero attached hydrogens (tertiary/aromatic N) is 1. The smallest absolute Gasteiger partial charge is 0.312 e. The number of esters is 1. The average molecular weight is 408 g/mol. The van der Waals surface area contributed by atoms with Crippen LogP contribution in [0.2, 0.25) is 0 Å². The fraction of sp³-hybridized carbons (Fsp3) is 0.348. The minimum Gasteiger partial charge on any atom is -0.495 e. The van der Waals surface area contributed by atoms with E-state index in [1.165, 1.54) is 12.0 Å². The summed E-state index contributed by atoms with van der Waals surface area (Å²) in [6.45, 7) is 0.184. The third-order valence-electron chi connectivity index (χ3n) is 5.33. The summed E-state index contributed by atoms with van der Waals surface area (Å²) in [6, 6.07) is 16.3. The zero-order valence-corrected chi connectivity index (χ0v) is 16.7. The number of hydrogen-bond donors (Lipinski definition) is 1. The second-order valence-electron chi connectivity index (χ2n) is 7.59. The number of amides is 2. The molecular formula is C23H24N2O5. The summed E-state index contributed by atoms with van der Waals surface area (Å²) in [5, 5.41) is 2.90. The zero-order chi connectivity index (χ0) is 21.1. The average Bonchev–Trinajstić information content (AvgIpc) is 3.50. The number of hydrogen-bond acceptors (Lipinski definition) is 5. The minimum absolute atomic E-state index is 0.0304. The van der Waals surface area contributed by atoms with Crippen LogP contribution in [0.5, 0.6) is 5.75 Å². The second-order valence-corrected chi connectivity index (χ2v) is 7.59. The highest BCUT2D eigenvalue weighted by atomic mass is 16.5. The molecule has 2 atom stereocenters. The van der Waals surface area contributed by atoms with E-state index in [0.717, 1.165) is 12.8 Å². The first-order valence-electron chi connectivity index (χ1n) is 10.1. The van der Waals surface area contributed by atoms with Gasteiger partial charge in [-0.05, 0) is 25.0 Å². The number of methoxy groups -OCH3 is 1. The van der Waals surface area contributed by atoms with E-state index in [1.54, 1.807) is 36.4 Å². The summed E-state index contributed by atoms with van der Waals surface area (Å²) in [6.07, 6.45) is 0.871. The highest BCUT2D eigenvalue weighted by molar-refractivity contribution is 6.00. The van der Waals surface area contributed by atoms with Gasteiger partial charge in [0.2, 0.25) is 12.0 Å². The van der Waals surface area contributed by atoms with Crippen molar-refractivity contribution in [2.24, 2.45) is 5.92 Å². The van der Waals surface area contributed by atoms with E-state index < -0.39 is 18.0 Å². The molecule has 0 bridgehead atoms. The molecule has 1 aliphatic carbocycles. The zero-order valence-electron chi connectivity index (χ0n) is 16.7. The maximum atomic E-state index is 12.9. The van der Waals surface area contributed by atoms with E-state index in [9.17, 15) is 14.4 Å². The summed E-state index contributed by atoms with van der Waals surface area (Å²) >= 11 is 0. The molecule has 2 aliphatic rings. The van der Waals surface area contributed by atoms with Crippen LogP contribution in [0.4, 0.5) is 5.69 Å². The topological polar surface area (TPSA) is 84.9 Å². The molecule has 0 radical (unpaired) electrons. The molecule has 0 spiro atoms. The summed E-state index contributed by atoms with van der Waals surface area (Å²) < 4.78 is 11.0. The van der Waals surface area contributed by atoms with E-state index in [1.807, 2.05) is 18.2 Å². The molecule has 1 N–H and O–H groups in total. The van der Waals surface area contributed by atoms with Gasteiger partial charge in [0.25, 0.3) is 5.91 Å². The number of carbonyl (C=O) groups is 3. The molecule has 4 rings (SSSR count). The van der Waals surface area contributed by atoms with Crippen molar-refractivity contribution in [1.29, 1.82) is 0 Å². The van der Waals surface area contributed by atoms with Gasteiger partial charge >= 0.3 is 5.97 Å². The lowest BCUT2D eigenvalue weighted by Gasteiger charge is -2.21. The molecule has 7 heteroatoms. The number of anilines is 1. The number of rotatable bonds is 7. The van der Waals surface area contributed by atoms with Crippen molar-refractivity contribution in [3.63, 3.8) is 0 Å². The molecule has 7 nitrogen and oxygen atoms in total. The Balaban J connectivity index is 1.49. The summed E-state index contributed by atoms with van der Waals surface area (Å²) in [7, 11) is 1.54. The number of benzene rings is 2. The molecule has 30 heavy (non-hydrogen) atoms. The van der Waals surface area contributed by atoms with Crippen molar-refractivity contribution in [2.75, 3.05) is 18.6 Å². The van der Waals surface area contributed by atoms with Gasteiger partial charge in [0, 0.05) is 24.6 Å². The number of para-hydroxylation sites is 2. The van der Waals surface area contributed by atoms with Gasteiger partial charge in [0.15, 0.2) is 0 Å². The van der Waals surface area contributed by atoms with E-state index in [4.69, 9.17) is 9.47 Å². The summed E-state index contributed by atoms with van der Waals surface area (Å²) in [4.78, 5) is 39.7. The molecule has 1 heterocycles. The lowest BCUT2D eigenvalue weighted by Crippen LogP contribution is -2.35. The standard InChI is InChI=1S/C23H24N2O5/c1-29-19-10-6-5-9-18(19)25-14-16(13-20(25)26)23(28)30-21(15-7-3-2-4-8-15)22(27)24-17-11-12-17/h2-10,16-17,21H,11-14H2,1H3,(H,24,27)/t16-,21+/m1/s1. The molecule has 2 fully saturated rings. The maximum absolute atomic E-state index is 12.9. The van der Waals surface area contributed by atoms with Crippen LogP contribution in [0, 0.1) is 5.92 Å². The predicted octanol–water partition coefficient (Wildman–Crippen LogP) is 2.61. The Bertz CT molecular complexity index is 942. The first-order valence-corrected chi connectivity index (χ1v) is 10.1. The Morgan fingerprint density at radius 3 is 2.47 bits per heavy atom. The van der Waals surface area contributed by atoms with Crippen LogP contribution in [0.15, 0.2) is 54.6 Å². The van der Waals surface area contributed by atoms with Crippen molar-refractivity contribution < 1.29 is 23.9 Å². The molecule has 0 unspecified atom stereocenters. The van der Waals surface area contributed by atoms with Crippen molar-refractivity contribution in [3.05, 3.63) is 60.2 Å². The minimum atomic E-state index is -1.03. The Kier molecular flexibility index (Phi) is 5.70. The van der Waals surface area contributed by atoms with Crippen LogP contribution >= 0.6 is 0 Å². The van der Waals surface area contributed by atoms with Crippen LogP contribution in [0.1, 0.15) is 30.9 Å². The lowest BCUT2D eigenvalue weighted by atomic mass is 10.1. The molecule has 156 valence electrons.